The maximum Gasteiger partial charge on any atom is 0.166 e. The van der Waals surface area contributed by atoms with Crippen LogP contribution >= 0.6 is 0 Å². The number of ether oxygens (including phenoxy) is 2. The van der Waals surface area contributed by atoms with E-state index in [1.165, 1.54) is 23.3 Å². The third-order valence-corrected chi connectivity index (χ3v) is 6.77. The molecule has 5 heteroatoms. The predicted molar refractivity (Wildman–Crippen MR) is 132 cm³/mol. The van der Waals surface area contributed by atoms with Crippen LogP contribution in [0.5, 0.6) is 11.5 Å². The maximum atomic E-state index is 13.2. The molecule has 1 fully saturated rings. The van der Waals surface area contributed by atoms with Crippen LogP contribution in [0.1, 0.15) is 40.2 Å². The molecular weight excluding hydrogens is 429 g/mol. The van der Waals surface area contributed by atoms with Crippen molar-refractivity contribution in [1.82, 2.24) is 4.90 Å². The summed E-state index contributed by atoms with van der Waals surface area (Å²) < 4.78 is 24.0. The molecule has 0 spiro atoms. The molecule has 1 heterocycles. The lowest BCUT2D eigenvalue weighted by atomic mass is 9.87. The van der Waals surface area contributed by atoms with E-state index in [9.17, 15) is 9.18 Å². The lowest BCUT2D eigenvalue weighted by Crippen LogP contribution is -2.39. The van der Waals surface area contributed by atoms with Gasteiger partial charge in [0.1, 0.15) is 17.3 Å². The minimum absolute atomic E-state index is 0.000433. The van der Waals surface area contributed by atoms with Gasteiger partial charge in [-0.05, 0) is 92.0 Å². The Bertz CT molecular complexity index is 1070. The summed E-state index contributed by atoms with van der Waals surface area (Å²) in [6.45, 7) is 2.67. The van der Waals surface area contributed by atoms with Gasteiger partial charge >= 0.3 is 0 Å². The first-order chi connectivity index (χ1) is 16.6. The average molecular weight is 462 g/mol. The van der Waals surface area contributed by atoms with Crippen molar-refractivity contribution in [3.63, 3.8) is 0 Å². The van der Waals surface area contributed by atoms with Crippen LogP contribution in [0.25, 0.3) is 0 Å². The molecule has 0 radical (unpaired) electrons. The van der Waals surface area contributed by atoms with Crippen LogP contribution in [-0.2, 0) is 6.42 Å². The van der Waals surface area contributed by atoms with Crippen LogP contribution in [0.15, 0.2) is 72.8 Å². The van der Waals surface area contributed by atoms with Gasteiger partial charge in [-0.1, -0.05) is 24.3 Å². The highest BCUT2D eigenvalue weighted by atomic mass is 19.1. The molecule has 4 nitrogen and oxygen atoms in total. The number of carbonyl (C=O) groups is 1. The zero-order chi connectivity index (χ0) is 23.9. The number of benzene rings is 3. The molecule has 3 aromatic carbocycles. The number of rotatable bonds is 9. The summed E-state index contributed by atoms with van der Waals surface area (Å²) >= 11 is 0. The Morgan fingerprint density at radius 1 is 0.941 bits per heavy atom. The van der Waals surface area contributed by atoms with Crippen molar-refractivity contribution in [2.45, 2.75) is 25.2 Å². The van der Waals surface area contributed by atoms with Crippen LogP contribution in [0.2, 0.25) is 0 Å². The number of likely N-dealkylation sites (tertiary alicyclic amines) is 1. The molecule has 1 unspecified atom stereocenters. The first kappa shape index (κ1) is 24.0. The third-order valence-electron chi connectivity index (χ3n) is 6.77. The minimum Gasteiger partial charge on any atom is -0.497 e. The van der Waals surface area contributed by atoms with Crippen LogP contribution in [-0.4, -0.2) is 44.5 Å². The molecule has 1 saturated heterocycles. The van der Waals surface area contributed by atoms with Gasteiger partial charge in [0.25, 0.3) is 0 Å². The molecule has 0 aromatic heterocycles. The molecule has 34 heavy (non-hydrogen) atoms. The van der Waals surface area contributed by atoms with Gasteiger partial charge in [0.05, 0.1) is 14.2 Å². The van der Waals surface area contributed by atoms with Crippen LogP contribution in [0.3, 0.4) is 0 Å². The molecule has 4 rings (SSSR count). The second kappa shape index (κ2) is 11.3. The first-order valence-electron chi connectivity index (χ1n) is 11.8. The van der Waals surface area contributed by atoms with E-state index < -0.39 is 0 Å². The standard InChI is InChI=1S/C29H32FNO3/c1-33-27-12-8-22(9-13-27)25(18-21-4-3-5-28(19-21)34-2)20-31-16-14-24(15-17-31)29(32)23-6-10-26(30)11-7-23/h3-13,19,24-25H,14-18,20H2,1-2H3. The van der Waals surface area contributed by atoms with Gasteiger partial charge in [-0.25, -0.2) is 4.39 Å². The molecule has 0 bridgehead atoms. The van der Waals surface area contributed by atoms with Crippen molar-refractivity contribution in [2.24, 2.45) is 5.92 Å². The highest BCUT2D eigenvalue weighted by molar-refractivity contribution is 5.97. The highest BCUT2D eigenvalue weighted by Gasteiger charge is 2.27. The highest BCUT2D eigenvalue weighted by Crippen LogP contribution is 2.29. The number of nitrogens with zero attached hydrogens (tertiary/aromatic N) is 1. The number of carbonyl (C=O) groups excluding carboxylic acids is 1. The van der Waals surface area contributed by atoms with Gasteiger partial charge in [0.2, 0.25) is 0 Å². The molecule has 0 N–H and O–H groups in total. The van der Waals surface area contributed by atoms with Gasteiger partial charge in [0, 0.05) is 23.9 Å². The molecule has 3 aromatic rings. The lowest BCUT2D eigenvalue weighted by molar-refractivity contribution is 0.0835. The number of methoxy groups -OCH3 is 2. The zero-order valence-electron chi connectivity index (χ0n) is 19.9. The second-order valence-electron chi connectivity index (χ2n) is 8.97. The van der Waals surface area contributed by atoms with E-state index in [1.807, 2.05) is 24.3 Å². The smallest absolute Gasteiger partial charge is 0.166 e. The Kier molecular flexibility index (Phi) is 7.96. The molecule has 1 atom stereocenters. The van der Waals surface area contributed by atoms with Crippen molar-refractivity contribution in [3.05, 3.63) is 95.3 Å². The molecule has 0 aliphatic carbocycles. The SMILES string of the molecule is COc1ccc(C(Cc2cccc(OC)c2)CN2CCC(C(=O)c3ccc(F)cc3)CC2)cc1. The maximum absolute atomic E-state index is 13.2. The normalized spacial score (nSPS) is 15.6. The summed E-state index contributed by atoms with van der Waals surface area (Å²) in [6, 6.07) is 22.5. The van der Waals surface area contributed by atoms with Gasteiger partial charge in [0.15, 0.2) is 5.78 Å². The largest absolute Gasteiger partial charge is 0.497 e. The van der Waals surface area contributed by atoms with Crippen molar-refractivity contribution in [2.75, 3.05) is 33.9 Å². The molecule has 178 valence electrons. The molecule has 0 saturated carbocycles. The summed E-state index contributed by atoms with van der Waals surface area (Å²) in [6.07, 6.45) is 2.55. The Morgan fingerprint density at radius 3 is 2.26 bits per heavy atom. The number of piperidine rings is 1. The number of ketones is 1. The monoisotopic (exact) mass is 461 g/mol. The van der Waals surface area contributed by atoms with Gasteiger partial charge in [-0.3, -0.25) is 4.79 Å². The fourth-order valence-electron chi connectivity index (χ4n) is 4.79. The van der Waals surface area contributed by atoms with Crippen molar-refractivity contribution < 1.29 is 18.7 Å². The van der Waals surface area contributed by atoms with Crippen molar-refractivity contribution in [3.8, 4) is 11.5 Å². The predicted octanol–water partition coefficient (Wildman–Crippen LogP) is 5.76. The fraction of sp³-hybridized carbons (Fsp3) is 0.345. The van der Waals surface area contributed by atoms with E-state index in [4.69, 9.17) is 9.47 Å². The number of Topliss-reactive ketones (excluding diaryl/α,β-unsaturated/α-hetero) is 1. The minimum atomic E-state index is -0.313. The summed E-state index contributed by atoms with van der Waals surface area (Å²) in [5.74, 6) is 1.84. The first-order valence-corrected chi connectivity index (χ1v) is 11.8. The number of halogens is 1. The summed E-state index contributed by atoms with van der Waals surface area (Å²) in [5, 5.41) is 0. The summed E-state index contributed by atoms with van der Waals surface area (Å²) in [4.78, 5) is 15.3. The Balaban J connectivity index is 1.43. The molecular formula is C29H32FNO3. The third kappa shape index (κ3) is 6.03. The zero-order valence-corrected chi connectivity index (χ0v) is 19.9. The van der Waals surface area contributed by atoms with E-state index >= 15 is 0 Å². The van der Waals surface area contributed by atoms with Crippen LogP contribution in [0, 0.1) is 11.7 Å². The van der Waals surface area contributed by atoms with E-state index in [1.54, 1.807) is 26.4 Å². The quantitative estimate of drug-likeness (QED) is 0.380. The van der Waals surface area contributed by atoms with E-state index in [0.717, 1.165) is 50.4 Å². The number of hydrogen-bond acceptors (Lipinski definition) is 4. The van der Waals surface area contributed by atoms with Crippen molar-refractivity contribution in [1.29, 1.82) is 0 Å². The Morgan fingerprint density at radius 2 is 1.62 bits per heavy atom. The molecule has 1 aliphatic heterocycles. The molecule has 1 aliphatic rings. The summed E-state index contributed by atoms with van der Waals surface area (Å²) in [5.41, 5.74) is 3.11. The Hall–Kier alpha value is -3.18. The van der Waals surface area contributed by atoms with Crippen molar-refractivity contribution >= 4 is 5.78 Å². The van der Waals surface area contributed by atoms with E-state index in [2.05, 4.69) is 29.2 Å². The van der Waals surface area contributed by atoms with E-state index in [-0.39, 0.29) is 17.5 Å². The molecule has 0 amide bonds. The topological polar surface area (TPSA) is 38.8 Å². The van der Waals surface area contributed by atoms with Gasteiger partial charge < -0.3 is 14.4 Å². The van der Waals surface area contributed by atoms with Crippen LogP contribution < -0.4 is 9.47 Å². The lowest BCUT2D eigenvalue weighted by Gasteiger charge is -2.34. The fourth-order valence-corrected chi connectivity index (χ4v) is 4.79. The van der Waals surface area contributed by atoms with Gasteiger partial charge in [-0.15, -0.1) is 0 Å². The summed E-state index contributed by atoms with van der Waals surface area (Å²) in [7, 11) is 3.37. The van der Waals surface area contributed by atoms with E-state index in [0.29, 0.717) is 11.5 Å². The Labute approximate surface area is 201 Å². The number of hydrogen-bond donors (Lipinski definition) is 0. The van der Waals surface area contributed by atoms with Crippen LogP contribution in [0.4, 0.5) is 4.39 Å². The van der Waals surface area contributed by atoms with Gasteiger partial charge in [-0.2, -0.15) is 0 Å². The average Bonchev–Trinajstić information content (AvgIpc) is 2.89. The second-order valence-corrected chi connectivity index (χ2v) is 8.97.